The number of carbonyl (C=O) groups excluding carboxylic acids is 3. The summed E-state index contributed by atoms with van der Waals surface area (Å²) >= 11 is 0. The molecule has 0 heterocycles. The Bertz CT molecular complexity index is 1510. The average molecular weight is 953 g/mol. The molecular formula is C63H100O6. The van der Waals surface area contributed by atoms with E-state index in [1.807, 2.05) is 12.2 Å². The van der Waals surface area contributed by atoms with Crippen molar-refractivity contribution in [2.24, 2.45) is 0 Å². The van der Waals surface area contributed by atoms with E-state index in [9.17, 15) is 14.4 Å². The minimum atomic E-state index is -0.825. The molecule has 0 aromatic rings. The molecule has 0 aliphatic heterocycles. The van der Waals surface area contributed by atoms with Gasteiger partial charge in [0.15, 0.2) is 6.10 Å². The SMILES string of the molecule is CC/C=C/C/C=C/C/C=C/C/C=C/C/C=C/C/C=C/CCC(=O)OC[C@@H](COC(=O)CCCCCCC/C=C/C/C=C/C/C=C/CC)OC(=O)CCCCCCCCC/C=C/C/C=C/CCCCC. The van der Waals surface area contributed by atoms with Crippen LogP contribution in [0, 0.1) is 0 Å². The van der Waals surface area contributed by atoms with E-state index in [0.717, 1.165) is 128 Å². The zero-order chi connectivity index (χ0) is 50.0. The third-order valence-corrected chi connectivity index (χ3v) is 11.1. The van der Waals surface area contributed by atoms with Crippen LogP contribution < -0.4 is 0 Å². The van der Waals surface area contributed by atoms with E-state index in [-0.39, 0.29) is 37.5 Å². The Morgan fingerprint density at radius 3 is 0.971 bits per heavy atom. The molecule has 0 spiro atoms. The number of hydrogen-bond donors (Lipinski definition) is 0. The largest absolute Gasteiger partial charge is 0.462 e. The van der Waals surface area contributed by atoms with Crippen LogP contribution in [0.15, 0.2) is 134 Å². The second-order valence-electron chi connectivity index (χ2n) is 17.7. The van der Waals surface area contributed by atoms with Crippen LogP contribution >= 0.6 is 0 Å². The van der Waals surface area contributed by atoms with Crippen LogP contribution in [-0.2, 0) is 28.6 Å². The predicted octanol–water partition coefficient (Wildman–Crippen LogP) is 18.6. The van der Waals surface area contributed by atoms with E-state index in [4.69, 9.17) is 14.2 Å². The molecule has 6 heteroatoms. The molecule has 388 valence electrons. The number of carbonyl (C=O) groups is 3. The highest BCUT2D eigenvalue weighted by molar-refractivity contribution is 5.71. The van der Waals surface area contributed by atoms with Crippen LogP contribution in [0.4, 0.5) is 0 Å². The van der Waals surface area contributed by atoms with Gasteiger partial charge >= 0.3 is 17.9 Å². The molecule has 0 rings (SSSR count). The highest BCUT2D eigenvalue weighted by atomic mass is 16.6. The van der Waals surface area contributed by atoms with Crippen LogP contribution in [0.3, 0.4) is 0 Å². The first-order valence-electron chi connectivity index (χ1n) is 27.7. The number of esters is 3. The lowest BCUT2D eigenvalue weighted by Gasteiger charge is -2.18. The van der Waals surface area contributed by atoms with E-state index < -0.39 is 6.10 Å². The molecule has 0 bridgehead atoms. The van der Waals surface area contributed by atoms with Crippen molar-refractivity contribution >= 4 is 17.9 Å². The highest BCUT2D eigenvalue weighted by Gasteiger charge is 2.19. The summed E-state index contributed by atoms with van der Waals surface area (Å²) in [6, 6.07) is 0. The molecular weight excluding hydrogens is 853 g/mol. The molecule has 0 saturated heterocycles. The lowest BCUT2D eigenvalue weighted by molar-refractivity contribution is -0.166. The van der Waals surface area contributed by atoms with Crippen molar-refractivity contribution < 1.29 is 28.6 Å². The van der Waals surface area contributed by atoms with Gasteiger partial charge in [0.05, 0.1) is 0 Å². The Kier molecular flexibility index (Phi) is 52.5. The maximum absolute atomic E-state index is 12.8. The smallest absolute Gasteiger partial charge is 0.306 e. The first-order valence-corrected chi connectivity index (χ1v) is 27.7. The summed E-state index contributed by atoms with van der Waals surface area (Å²) in [6.07, 6.45) is 78.7. The first-order chi connectivity index (χ1) is 34.0. The van der Waals surface area contributed by atoms with Gasteiger partial charge in [0.2, 0.25) is 0 Å². The molecule has 0 radical (unpaired) electrons. The van der Waals surface area contributed by atoms with Crippen LogP contribution in [-0.4, -0.2) is 37.2 Å². The summed E-state index contributed by atoms with van der Waals surface area (Å²) in [4.78, 5) is 38.1. The van der Waals surface area contributed by atoms with Crippen molar-refractivity contribution in [2.75, 3.05) is 13.2 Å². The monoisotopic (exact) mass is 953 g/mol. The molecule has 0 aliphatic rings. The number of unbranched alkanes of at least 4 members (excludes halogenated alkanes) is 15. The van der Waals surface area contributed by atoms with Crippen molar-refractivity contribution in [1.82, 2.24) is 0 Å². The Hall–Kier alpha value is -4.45. The fourth-order valence-electron chi connectivity index (χ4n) is 7.04. The molecule has 1 atom stereocenters. The number of hydrogen-bond acceptors (Lipinski definition) is 6. The number of rotatable bonds is 48. The lowest BCUT2D eigenvalue weighted by atomic mass is 10.1. The Labute approximate surface area is 424 Å². The summed E-state index contributed by atoms with van der Waals surface area (Å²) in [7, 11) is 0. The van der Waals surface area contributed by atoms with E-state index in [1.165, 1.54) is 51.4 Å². The quantitative estimate of drug-likeness (QED) is 0.0262. The Morgan fingerprint density at radius 1 is 0.304 bits per heavy atom. The van der Waals surface area contributed by atoms with E-state index in [2.05, 4.69) is 142 Å². The lowest BCUT2D eigenvalue weighted by Crippen LogP contribution is -2.30. The molecule has 0 aliphatic carbocycles. The summed E-state index contributed by atoms with van der Waals surface area (Å²) in [6.45, 7) is 6.29. The van der Waals surface area contributed by atoms with E-state index in [0.29, 0.717) is 19.3 Å². The summed E-state index contributed by atoms with van der Waals surface area (Å²) in [5.74, 6) is -1.03. The first kappa shape index (κ1) is 64.5. The molecule has 0 aromatic carbocycles. The van der Waals surface area contributed by atoms with Gasteiger partial charge in [-0.25, -0.2) is 0 Å². The van der Waals surface area contributed by atoms with Crippen molar-refractivity contribution in [3.63, 3.8) is 0 Å². The number of ether oxygens (including phenoxy) is 3. The van der Waals surface area contributed by atoms with Gasteiger partial charge in [-0.3, -0.25) is 14.4 Å². The second kappa shape index (κ2) is 56.1. The van der Waals surface area contributed by atoms with Gasteiger partial charge in [-0.2, -0.15) is 0 Å². The van der Waals surface area contributed by atoms with Crippen molar-refractivity contribution in [2.45, 2.75) is 232 Å². The van der Waals surface area contributed by atoms with Crippen molar-refractivity contribution in [1.29, 1.82) is 0 Å². The standard InChI is InChI=1S/C63H100O6/c1-4-7-10-13-16-19-22-25-28-30-31-33-35-38-41-44-47-50-53-56-62(65)68-59-60(58-67-61(64)55-52-49-46-43-40-37-34-27-24-21-18-15-12-9-6-3)69-63(66)57-54-51-48-45-42-39-36-32-29-26-23-20-17-14-11-8-5-2/h7,9-10,12,16-21,25-29,31,33-34,38,41,47,50,60H,4-6,8,11,13-15,22-24,30,32,35-37,39-40,42-46,48-49,51-59H2,1-3H3/b10-7+,12-9+,19-16+,20-17+,21-18+,28-25+,29-26+,33-31+,34-27+,41-38+,50-47+/t60-/m1/s1. The molecule has 0 amide bonds. The van der Waals surface area contributed by atoms with Crippen molar-refractivity contribution in [3.05, 3.63) is 134 Å². The van der Waals surface area contributed by atoms with Crippen molar-refractivity contribution in [3.8, 4) is 0 Å². The average Bonchev–Trinajstić information content (AvgIpc) is 3.35. The van der Waals surface area contributed by atoms with Gasteiger partial charge in [-0.15, -0.1) is 0 Å². The molecule has 0 aromatic heterocycles. The van der Waals surface area contributed by atoms with Gasteiger partial charge in [0, 0.05) is 19.3 Å². The normalized spacial score (nSPS) is 13.1. The molecule has 0 fully saturated rings. The zero-order valence-corrected chi connectivity index (χ0v) is 44.3. The summed E-state index contributed by atoms with van der Waals surface area (Å²) < 4.78 is 16.8. The molecule has 69 heavy (non-hydrogen) atoms. The topological polar surface area (TPSA) is 78.9 Å². The maximum atomic E-state index is 12.8. The minimum Gasteiger partial charge on any atom is -0.462 e. The zero-order valence-electron chi connectivity index (χ0n) is 44.3. The van der Waals surface area contributed by atoms with Crippen LogP contribution in [0.2, 0.25) is 0 Å². The number of allylic oxidation sites excluding steroid dienone is 22. The van der Waals surface area contributed by atoms with Gasteiger partial charge < -0.3 is 14.2 Å². The maximum Gasteiger partial charge on any atom is 0.306 e. The van der Waals surface area contributed by atoms with Crippen LogP contribution in [0.5, 0.6) is 0 Å². The summed E-state index contributed by atoms with van der Waals surface area (Å²) in [5.41, 5.74) is 0. The van der Waals surface area contributed by atoms with Crippen LogP contribution in [0.1, 0.15) is 226 Å². The van der Waals surface area contributed by atoms with E-state index >= 15 is 0 Å². The predicted molar refractivity (Wildman–Crippen MR) is 297 cm³/mol. The Morgan fingerprint density at radius 2 is 0.594 bits per heavy atom. The fourth-order valence-corrected chi connectivity index (χ4v) is 7.04. The third-order valence-electron chi connectivity index (χ3n) is 11.1. The van der Waals surface area contributed by atoms with Gasteiger partial charge in [-0.1, -0.05) is 219 Å². The molecule has 6 nitrogen and oxygen atoms in total. The van der Waals surface area contributed by atoms with E-state index in [1.54, 1.807) is 0 Å². The minimum absolute atomic E-state index is 0.118. The van der Waals surface area contributed by atoms with Crippen LogP contribution in [0.25, 0.3) is 0 Å². The third kappa shape index (κ3) is 54.4. The highest BCUT2D eigenvalue weighted by Crippen LogP contribution is 2.13. The fraction of sp³-hybridized carbons (Fsp3) is 0.603. The molecule has 0 saturated carbocycles. The second-order valence-corrected chi connectivity index (χ2v) is 17.7. The van der Waals surface area contributed by atoms with Gasteiger partial charge in [-0.05, 0) is 122 Å². The van der Waals surface area contributed by atoms with Gasteiger partial charge in [0.1, 0.15) is 13.2 Å². The molecule has 0 N–H and O–H groups in total. The summed E-state index contributed by atoms with van der Waals surface area (Å²) in [5, 5.41) is 0. The molecule has 0 unspecified atom stereocenters. The van der Waals surface area contributed by atoms with Gasteiger partial charge in [0.25, 0.3) is 0 Å². The Balaban J connectivity index is 4.56.